The number of piperidine rings is 2. The Morgan fingerprint density at radius 3 is 2.54 bits per heavy atom. The smallest absolute Gasteiger partial charge is 0.270 e. The number of carbonyl (C=O) groups excluding carboxylic acids is 5. The molecule has 1 saturated carbocycles. The molecule has 50 heavy (non-hydrogen) atoms. The lowest BCUT2D eigenvalue weighted by molar-refractivity contribution is -0.136. The Hall–Kier alpha value is -5.73. The molecule has 0 bridgehead atoms. The lowest BCUT2D eigenvalue weighted by Gasteiger charge is -2.36. The molecule has 3 fully saturated rings. The summed E-state index contributed by atoms with van der Waals surface area (Å²) >= 11 is 0. The fourth-order valence-electron chi connectivity index (χ4n) is 7.49. The van der Waals surface area contributed by atoms with E-state index in [2.05, 4.69) is 45.4 Å². The van der Waals surface area contributed by atoms with E-state index in [1.165, 1.54) is 0 Å². The maximum absolute atomic E-state index is 13.6. The zero-order valence-electron chi connectivity index (χ0n) is 27.5. The van der Waals surface area contributed by atoms with E-state index in [0.29, 0.717) is 53.8 Å². The van der Waals surface area contributed by atoms with Crippen molar-refractivity contribution >= 4 is 52.2 Å². The van der Waals surface area contributed by atoms with Gasteiger partial charge in [-0.3, -0.25) is 34.2 Å². The van der Waals surface area contributed by atoms with Crippen molar-refractivity contribution in [2.24, 2.45) is 5.92 Å². The van der Waals surface area contributed by atoms with Crippen LogP contribution in [0, 0.1) is 12.8 Å². The SMILES string of the molecule is Cc1cccc(C(=O)NC2CC(n3cnc4c(NCC5CCN(c6cccc7c6C(=O)N([C@H]6CCC(=O)NC6=O)C7=O)CC5)ncnc43)C2)n1. The molecule has 3 aromatic heterocycles. The number of fused-ring (bicyclic) bond motifs is 2. The highest BCUT2D eigenvalue weighted by Crippen LogP contribution is 2.37. The summed E-state index contributed by atoms with van der Waals surface area (Å²) in [5.74, 6) is -1.17. The van der Waals surface area contributed by atoms with E-state index < -0.39 is 29.7 Å². The first-order valence-corrected chi connectivity index (χ1v) is 17.0. The van der Waals surface area contributed by atoms with Crippen LogP contribution >= 0.6 is 0 Å². The molecule has 0 unspecified atom stereocenters. The Labute approximate surface area is 286 Å². The normalized spacial score (nSPS) is 22.4. The summed E-state index contributed by atoms with van der Waals surface area (Å²) < 4.78 is 2.06. The molecule has 1 aromatic carbocycles. The van der Waals surface area contributed by atoms with E-state index in [4.69, 9.17) is 0 Å². The van der Waals surface area contributed by atoms with Crippen molar-refractivity contribution in [3.8, 4) is 0 Å². The molecule has 3 N–H and O–H groups in total. The number of imide groups is 2. The summed E-state index contributed by atoms with van der Waals surface area (Å²) in [6.45, 7) is 3.93. The molecule has 8 rings (SSSR count). The van der Waals surface area contributed by atoms with Gasteiger partial charge in [0.05, 0.1) is 23.1 Å². The number of carbonyl (C=O) groups is 5. The molecule has 15 nitrogen and oxygen atoms in total. The van der Waals surface area contributed by atoms with Crippen LogP contribution in [-0.2, 0) is 9.59 Å². The van der Waals surface area contributed by atoms with E-state index in [1.807, 2.05) is 25.1 Å². The number of nitrogens with one attached hydrogen (secondary N) is 3. The van der Waals surface area contributed by atoms with Crippen LogP contribution in [0.4, 0.5) is 11.5 Å². The zero-order valence-corrected chi connectivity index (χ0v) is 27.5. The lowest BCUT2D eigenvalue weighted by atomic mass is 9.86. The van der Waals surface area contributed by atoms with E-state index in [1.54, 1.807) is 30.9 Å². The number of rotatable bonds is 8. The predicted molar refractivity (Wildman–Crippen MR) is 180 cm³/mol. The van der Waals surface area contributed by atoms with Gasteiger partial charge < -0.3 is 20.1 Å². The molecule has 4 aliphatic rings. The van der Waals surface area contributed by atoms with Crippen molar-refractivity contribution in [1.82, 2.24) is 40.0 Å². The van der Waals surface area contributed by atoms with Crippen molar-refractivity contribution in [1.29, 1.82) is 0 Å². The number of hydrogen-bond donors (Lipinski definition) is 3. The second-order valence-electron chi connectivity index (χ2n) is 13.5. The number of anilines is 2. The van der Waals surface area contributed by atoms with Crippen LogP contribution in [0.5, 0.6) is 0 Å². The molecular weight excluding hydrogens is 640 g/mol. The Kier molecular flexibility index (Phi) is 7.96. The average molecular weight is 677 g/mol. The Morgan fingerprint density at radius 1 is 0.960 bits per heavy atom. The van der Waals surface area contributed by atoms with Gasteiger partial charge in [-0.05, 0) is 69.2 Å². The van der Waals surface area contributed by atoms with Gasteiger partial charge in [0.15, 0.2) is 11.5 Å². The highest BCUT2D eigenvalue weighted by molar-refractivity contribution is 6.25. The Bertz CT molecular complexity index is 2050. The Morgan fingerprint density at radius 2 is 1.76 bits per heavy atom. The minimum absolute atomic E-state index is 0.0531. The zero-order chi connectivity index (χ0) is 34.5. The van der Waals surface area contributed by atoms with Gasteiger partial charge in [0.1, 0.15) is 23.6 Å². The number of nitrogens with zero attached hydrogens (tertiary/aromatic N) is 7. The van der Waals surface area contributed by atoms with Crippen LogP contribution < -0.4 is 20.9 Å². The summed E-state index contributed by atoms with van der Waals surface area (Å²) in [5.41, 5.74) is 3.97. The maximum atomic E-state index is 13.6. The van der Waals surface area contributed by atoms with E-state index >= 15 is 0 Å². The van der Waals surface area contributed by atoms with Gasteiger partial charge in [0.25, 0.3) is 17.7 Å². The van der Waals surface area contributed by atoms with Crippen LogP contribution in [0.15, 0.2) is 49.1 Å². The summed E-state index contributed by atoms with van der Waals surface area (Å²) in [4.78, 5) is 84.8. The number of aryl methyl sites for hydroxylation is 1. The number of benzene rings is 1. The minimum atomic E-state index is -0.995. The standard InChI is InChI=1S/C35H36N10O5/c1-19-4-2-6-24(40-19)32(47)41-21-14-22(15-21)44-18-39-29-30(37-17-38-31(29)44)36-16-20-10-12-43(13-11-20)25-7-3-5-23-28(25)35(50)45(34(23)49)26-8-9-27(46)42-33(26)48/h2-7,17-18,20-22,26H,8-16H2,1H3,(H,41,47)(H,36,37,38)(H,42,46,48)/t21?,22?,26-/m0/s1. The number of pyridine rings is 1. The molecule has 15 heteroatoms. The minimum Gasteiger partial charge on any atom is -0.371 e. The van der Waals surface area contributed by atoms with Crippen molar-refractivity contribution < 1.29 is 24.0 Å². The number of hydrogen-bond acceptors (Lipinski definition) is 11. The lowest BCUT2D eigenvalue weighted by Crippen LogP contribution is -2.54. The van der Waals surface area contributed by atoms with E-state index in [0.717, 1.165) is 41.9 Å². The average Bonchev–Trinajstić information content (AvgIpc) is 3.64. The Balaban J connectivity index is 0.871. The molecule has 256 valence electrons. The van der Waals surface area contributed by atoms with Gasteiger partial charge in [-0.1, -0.05) is 12.1 Å². The van der Waals surface area contributed by atoms with E-state index in [9.17, 15) is 24.0 Å². The van der Waals surface area contributed by atoms with Gasteiger partial charge >= 0.3 is 0 Å². The molecule has 2 saturated heterocycles. The van der Waals surface area contributed by atoms with Crippen LogP contribution in [-0.4, -0.2) is 90.7 Å². The molecule has 6 heterocycles. The van der Waals surface area contributed by atoms with Crippen LogP contribution in [0.2, 0.25) is 0 Å². The van der Waals surface area contributed by atoms with Crippen LogP contribution in [0.3, 0.4) is 0 Å². The summed E-state index contributed by atoms with van der Waals surface area (Å²) in [6.07, 6.45) is 6.78. The molecule has 0 spiro atoms. The number of amides is 5. The summed E-state index contributed by atoms with van der Waals surface area (Å²) in [5, 5.41) is 8.81. The first-order chi connectivity index (χ1) is 24.2. The molecule has 3 aliphatic heterocycles. The molecule has 5 amide bonds. The quantitative estimate of drug-likeness (QED) is 0.233. The fraction of sp³-hybridized carbons (Fsp3) is 0.400. The summed E-state index contributed by atoms with van der Waals surface area (Å²) in [6, 6.07) is 9.88. The van der Waals surface area contributed by atoms with Crippen LogP contribution in [0.25, 0.3) is 11.2 Å². The molecule has 0 radical (unpaired) electrons. The first-order valence-electron chi connectivity index (χ1n) is 17.0. The van der Waals surface area contributed by atoms with Gasteiger partial charge in [-0.15, -0.1) is 0 Å². The molecular formula is C35H36N10O5. The topological polar surface area (TPSA) is 184 Å². The predicted octanol–water partition coefficient (Wildman–Crippen LogP) is 2.39. The van der Waals surface area contributed by atoms with Gasteiger partial charge in [-0.25, -0.2) is 19.9 Å². The molecule has 4 aromatic rings. The van der Waals surface area contributed by atoms with Gasteiger partial charge in [-0.2, -0.15) is 0 Å². The highest BCUT2D eigenvalue weighted by Gasteiger charge is 2.46. The van der Waals surface area contributed by atoms with Crippen molar-refractivity contribution in [3.63, 3.8) is 0 Å². The number of imidazole rings is 1. The molecule has 1 atom stereocenters. The summed E-state index contributed by atoms with van der Waals surface area (Å²) in [7, 11) is 0. The third kappa shape index (κ3) is 5.61. The third-order valence-electron chi connectivity index (χ3n) is 10.3. The maximum Gasteiger partial charge on any atom is 0.270 e. The largest absolute Gasteiger partial charge is 0.371 e. The van der Waals surface area contributed by atoms with Crippen molar-refractivity contribution in [2.45, 2.75) is 63.6 Å². The van der Waals surface area contributed by atoms with Gasteiger partial charge in [0.2, 0.25) is 11.8 Å². The van der Waals surface area contributed by atoms with Crippen LogP contribution in [0.1, 0.15) is 81.5 Å². The number of aromatic nitrogens is 5. The first kappa shape index (κ1) is 31.5. The van der Waals surface area contributed by atoms with E-state index in [-0.39, 0.29) is 36.4 Å². The second-order valence-corrected chi connectivity index (χ2v) is 13.5. The fourth-order valence-corrected chi connectivity index (χ4v) is 7.49. The van der Waals surface area contributed by atoms with Crippen molar-refractivity contribution in [2.75, 3.05) is 29.9 Å². The monoisotopic (exact) mass is 676 g/mol. The second kappa shape index (κ2) is 12.6. The highest BCUT2D eigenvalue weighted by atomic mass is 16.2. The molecule has 1 aliphatic carbocycles. The third-order valence-corrected chi connectivity index (χ3v) is 10.3. The van der Waals surface area contributed by atoms with Gasteiger partial charge in [0, 0.05) is 43.8 Å². The van der Waals surface area contributed by atoms with Crippen molar-refractivity contribution in [3.05, 3.63) is 71.6 Å².